The summed E-state index contributed by atoms with van der Waals surface area (Å²) in [4.78, 5) is 14.7. The zero-order chi connectivity index (χ0) is 15.5. The average molecular weight is 328 g/mol. The van der Waals surface area contributed by atoms with Crippen LogP contribution in [-0.4, -0.2) is 31.6 Å². The van der Waals surface area contributed by atoms with Crippen molar-refractivity contribution >= 4 is 27.3 Å². The number of nitrogens with one attached hydrogen (secondary N) is 1. The van der Waals surface area contributed by atoms with Gasteiger partial charge in [0.2, 0.25) is 15.9 Å². The fraction of sp³-hybridized carbons (Fsp3) is 0.167. The van der Waals surface area contributed by atoms with Crippen molar-refractivity contribution < 1.29 is 23.1 Å². The lowest BCUT2D eigenvalue weighted by molar-refractivity contribution is 0.0702. The number of hydrogen-bond acceptors (Lipinski definition) is 6. The predicted molar refractivity (Wildman–Crippen MR) is 76.1 cm³/mol. The molecule has 0 aromatic carbocycles. The Morgan fingerprint density at radius 3 is 2.81 bits per heavy atom. The standard InChI is InChI=1S/C12H12N2O5S2/c1-19-10-6-8(4-5-13-10)7-14-21(17,18)11-3-2-9(20-11)12(15)16/h2-6,14H,7H2,1H3,(H,15,16). The zero-order valence-corrected chi connectivity index (χ0v) is 12.6. The monoisotopic (exact) mass is 328 g/mol. The van der Waals surface area contributed by atoms with E-state index in [0.717, 1.165) is 0 Å². The summed E-state index contributed by atoms with van der Waals surface area (Å²) in [5.41, 5.74) is 0.681. The number of aromatic carboxylic acids is 1. The van der Waals surface area contributed by atoms with Crippen LogP contribution in [0.25, 0.3) is 0 Å². The second-order valence-electron chi connectivity index (χ2n) is 3.95. The van der Waals surface area contributed by atoms with Crippen LogP contribution >= 0.6 is 11.3 Å². The van der Waals surface area contributed by atoms with Gasteiger partial charge < -0.3 is 9.84 Å². The third-order valence-corrected chi connectivity index (χ3v) is 5.50. The predicted octanol–water partition coefficient (Wildman–Crippen LogP) is 1.33. The molecule has 0 spiro atoms. The van der Waals surface area contributed by atoms with E-state index < -0.39 is 16.0 Å². The summed E-state index contributed by atoms with van der Waals surface area (Å²) in [5.74, 6) is -0.767. The number of carboxylic acids is 1. The maximum atomic E-state index is 12.1. The number of carbonyl (C=O) groups is 1. The van der Waals surface area contributed by atoms with Gasteiger partial charge in [0.25, 0.3) is 0 Å². The molecule has 0 radical (unpaired) electrons. The van der Waals surface area contributed by atoms with Crippen molar-refractivity contribution in [2.24, 2.45) is 0 Å². The van der Waals surface area contributed by atoms with Gasteiger partial charge in [-0.05, 0) is 23.8 Å². The molecule has 0 unspecified atom stereocenters. The Labute approximate surface area is 125 Å². The smallest absolute Gasteiger partial charge is 0.345 e. The van der Waals surface area contributed by atoms with Gasteiger partial charge in [0.05, 0.1) is 7.11 Å². The second kappa shape index (κ2) is 6.20. The van der Waals surface area contributed by atoms with Gasteiger partial charge in [-0.1, -0.05) is 0 Å². The molecule has 0 aliphatic heterocycles. The lowest BCUT2D eigenvalue weighted by atomic mass is 10.3. The molecule has 0 fully saturated rings. The summed E-state index contributed by atoms with van der Waals surface area (Å²) in [6.07, 6.45) is 1.51. The molecule has 0 aliphatic rings. The third-order valence-electron chi connectivity index (χ3n) is 2.53. The van der Waals surface area contributed by atoms with Crippen molar-refractivity contribution in [2.45, 2.75) is 10.8 Å². The van der Waals surface area contributed by atoms with E-state index in [4.69, 9.17) is 9.84 Å². The molecular formula is C12H12N2O5S2. The molecule has 0 atom stereocenters. The molecule has 0 amide bonds. The van der Waals surface area contributed by atoms with Crippen LogP contribution in [0.2, 0.25) is 0 Å². The van der Waals surface area contributed by atoms with Crippen molar-refractivity contribution in [3.8, 4) is 5.88 Å². The van der Waals surface area contributed by atoms with Crippen LogP contribution in [0.1, 0.15) is 15.2 Å². The molecule has 0 saturated carbocycles. The van der Waals surface area contributed by atoms with Crippen LogP contribution < -0.4 is 9.46 Å². The molecule has 2 aromatic rings. The minimum absolute atomic E-state index is 0.0269. The number of pyridine rings is 1. The number of ether oxygens (including phenoxy) is 1. The topological polar surface area (TPSA) is 106 Å². The number of rotatable bonds is 6. The first-order valence-electron chi connectivity index (χ1n) is 5.74. The molecule has 2 heterocycles. The number of hydrogen-bond donors (Lipinski definition) is 2. The molecule has 112 valence electrons. The quantitative estimate of drug-likeness (QED) is 0.828. The number of carboxylic acid groups (broad SMARTS) is 1. The number of nitrogens with zero attached hydrogens (tertiary/aromatic N) is 1. The van der Waals surface area contributed by atoms with Crippen molar-refractivity contribution in [1.29, 1.82) is 0 Å². The maximum absolute atomic E-state index is 12.1. The van der Waals surface area contributed by atoms with E-state index in [9.17, 15) is 13.2 Å². The summed E-state index contributed by atoms with van der Waals surface area (Å²) < 4.78 is 31.4. The molecule has 2 aromatic heterocycles. The lowest BCUT2D eigenvalue weighted by Crippen LogP contribution is -2.22. The highest BCUT2D eigenvalue weighted by atomic mass is 32.2. The highest BCUT2D eigenvalue weighted by Gasteiger charge is 2.18. The average Bonchev–Trinajstić information content (AvgIpc) is 2.96. The van der Waals surface area contributed by atoms with Gasteiger partial charge >= 0.3 is 5.97 Å². The van der Waals surface area contributed by atoms with E-state index in [-0.39, 0.29) is 15.6 Å². The Kier molecular flexibility index (Phi) is 4.56. The number of aromatic nitrogens is 1. The second-order valence-corrected chi connectivity index (χ2v) is 7.03. The van der Waals surface area contributed by atoms with Crippen LogP contribution in [0.4, 0.5) is 0 Å². The molecule has 0 bridgehead atoms. The van der Waals surface area contributed by atoms with Gasteiger partial charge in [0.15, 0.2) is 0 Å². The van der Waals surface area contributed by atoms with Crippen molar-refractivity contribution in [2.75, 3.05) is 7.11 Å². The van der Waals surface area contributed by atoms with E-state index >= 15 is 0 Å². The summed E-state index contributed by atoms with van der Waals surface area (Å²) >= 11 is 0.704. The first-order chi connectivity index (χ1) is 9.92. The minimum atomic E-state index is -3.75. The lowest BCUT2D eigenvalue weighted by Gasteiger charge is -2.06. The molecular weight excluding hydrogens is 316 g/mol. The van der Waals surface area contributed by atoms with E-state index in [1.54, 1.807) is 12.1 Å². The third kappa shape index (κ3) is 3.78. The Bertz CT molecular complexity index is 755. The largest absolute Gasteiger partial charge is 0.481 e. The van der Waals surface area contributed by atoms with Crippen molar-refractivity contribution in [3.05, 3.63) is 40.9 Å². The first-order valence-corrected chi connectivity index (χ1v) is 8.04. The van der Waals surface area contributed by atoms with E-state index in [2.05, 4.69) is 9.71 Å². The van der Waals surface area contributed by atoms with Crippen molar-refractivity contribution in [1.82, 2.24) is 9.71 Å². The Hall–Kier alpha value is -1.97. The highest BCUT2D eigenvalue weighted by molar-refractivity contribution is 7.91. The van der Waals surface area contributed by atoms with E-state index in [0.29, 0.717) is 22.8 Å². The molecule has 2 N–H and O–H groups in total. The van der Waals surface area contributed by atoms with Gasteiger partial charge in [-0.2, -0.15) is 0 Å². The Morgan fingerprint density at radius 2 is 2.19 bits per heavy atom. The number of thiophene rings is 1. The molecule has 9 heteroatoms. The first kappa shape index (κ1) is 15.4. The van der Waals surface area contributed by atoms with Gasteiger partial charge in [-0.15, -0.1) is 11.3 Å². The maximum Gasteiger partial charge on any atom is 0.345 e. The summed E-state index contributed by atoms with van der Waals surface area (Å²) in [6, 6.07) is 5.79. The number of methoxy groups -OCH3 is 1. The van der Waals surface area contributed by atoms with Gasteiger partial charge in [-0.25, -0.2) is 22.9 Å². The minimum Gasteiger partial charge on any atom is -0.481 e. The molecule has 0 saturated heterocycles. The van der Waals surface area contributed by atoms with Crippen LogP contribution in [0.3, 0.4) is 0 Å². The van der Waals surface area contributed by atoms with Crippen LogP contribution in [0.15, 0.2) is 34.7 Å². The summed E-state index contributed by atoms with van der Waals surface area (Å²) in [5, 5.41) is 8.80. The summed E-state index contributed by atoms with van der Waals surface area (Å²) in [6.45, 7) is 0.0571. The highest BCUT2D eigenvalue weighted by Crippen LogP contribution is 2.21. The fourth-order valence-electron chi connectivity index (χ4n) is 1.50. The van der Waals surface area contributed by atoms with Crippen LogP contribution in [0, 0.1) is 0 Å². The van der Waals surface area contributed by atoms with E-state index in [1.165, 1.54) is 25.4 Å². The van der Waals surface area contributed by atoms with Gasteiger partial charge in [0, 0.05) is 18.8 Å². The van der Waals surface area contributed by atoms with E-state index in [1.807, 2.05) is 0 Å². The number of sulfonamides is 1. The van der Waals surface area contributed by atoms with Crippen molar-refractivity contribution in [3.63, 3.8) is 0 Å². The molecule has 2 rings (SSSR count). The summed E-state index contributed by atoms with van der Waals surface area (Å²) in [7, 11) is -2.28. The molecule has 7 nitrogen and oxygen atoms in total. The van der Waals surface area contributed by atoms with Gasteiger partial charge in [0.1, 0.15) is 9.09 Å². The Morgan fingerprint density at radius 1 is 1.43 bits per heavy atom. The Balaban J connectivity index is 2.11. The normalized spacial score (nSPS) is 11.3. The molecule has 21 heavy (non-hydrogen) atoms. The zero-order valence-electron chi connectivity index (χ0n) is 10.9. The SMILES string of the molecule is COc1cc(CNS(=O)(=O)c2ccc(C(=O)O)s2)ccn1. The van der Waals surface area contributed by atoms with Crippen LogP contribution in [-0.2, 0) is 16.6 Å². The van der Waals surface area contributed by atoms with Gasteiger partial charge in [-0.3, -0.25) is 0 Å². The van der Waals surface area contributed by atoms with Crippen LogP contribution in [0.5, 0.6) is 5.88 Å². The molecule has 0 aliphatic carbocycles. The fourth-order valence-corrected chi connectivity index (χ4v) is 3.71.